The van der Waals surface area contributed by atoms with Crippen LogP contribution in [-0.4, -0.2) is 23.0 Å². The topological polar surface area (TPSA) is 65.2 Å². The Morgan fingerprint density at radius 2 is 2.09 bits per heavy atom. The Balaban J connectivity index is 1.96. The summed E-state index contributed by atoms with van der Waals surface area (Å²) in [4.78, 5) is 19.4. The number of carbonyl (C=O) groups excluding carboxylic acids is 1. The van der Waals surface area contributed by atoms with E-state index in [2.05, 4.69) is 14.7 Å². The first-order valence-corrected chi connectivity index (χ1v) is 6.53. The van der Waals surface area contributed by atoms with Gasteiger partial charge in [0, 0.05) is 12.1 Å². The van der Waals surface area contributed by atoms with E-state index in [4.69, 9.17) is 4.42 Å². The van der Waals surface area contributed by atoms with Crippen LogP contribution in [-0.2, 0) is 10.9 Å². The number of rotatable bonds is 3. The Morgan fingerprint density at radius 3 is 2.59 bits per heavy atom. The number of hydrogen-bond donors (Lipinski definition) is 0. The molecule has 1 saturated carbocycles. The van der Waals surface area contributed by atoms with E-state index < -0.39 is 17.7 Å². The summed E-state index contributed by atoms with van der Waals surface area (Å²) in [6.07, 6.45) is -2.01. The minimum absolute atomic E-state index is 0.0102. The Hall–Kier alpha value is -2.38. The van der Waals surface area contributed by atoms with Crippen molar-refractivity contribution >= 4 is 5.97 Å². The molecule has 0 bridgehead atoms. The average molecular weight is 312 g/mol. The summed E-state index contributed by atoms with van der Waals surface area (Å²) in [5, 5.41) is 0. The van der Waals surface area contributed by atoms with Gasteiger partial charge in [-0.05, 0) is 25.0 Å². The molecule has 0 unspecified atom stereocenters. The van der Waals surface area contributed by atoms with E-state index >= 15 is 0 Å². The second-order valence-electron chi connectivity index (χ2n) is 4.93. The molecule has 116 valence electrons. The quantitative estimate of drug-likeness (QED) is 0.813. The maximum atomic E-state index is 12.5. The second-order valence-corrected chi connectivity index (χ2v) is 4.93. The van der Waals surface area contributed by atoms with Crippen LogP contribution >= 0.6 is 0 Å². The van der Waals surface area contributed by atoms with Crippen molar-refractivity contribution in [2.24, 2.45) is 0 Å². The lowest BCUT2D eigenvalue weighted by molar-refractivity contribution is -0.137. The fourth-order valence-corrected chi connectivity index (χ4v) is 1.99. The number of hydrogen-bond acceptors (Lipinski definition) is 5. The molecule has 2 heterocycles. The summed E-state index contributed by atoms with van der Waals surface area (Å²) >= 11 is 0. The molecule has 22 heavy (non-hydrogen) atoms. The maximum Gasteiger partial charge on any atom is 0.417 e. The van der Waals surface area contributed by atoms with Crippen molar-refractivity contribution in [2.45, 2.75) is 24.9 Å². The maximum absolute atomic E-state index is 12.5. The van der Waals surface area contributed by atoms with Crippen molar-refractivity contribution in [3.05, 3.63) is 35.3 Å². The van der Waals surface area contributed by atoms with E-state index in [9.17, 15) is 18.0 Å². The van der Waals surface area contributed by atoms with Gasteiger partial charge in [0.05, 0.1) is 12.7 Å². The molecular weight excluding hydrogens is 301 g/mol. The summed E-state index contributed by atoms with van der Waals surface area (Å²) in [6, 6.07) is 2.05. The zero-order valence-electron chi connectivity index (χ0n) is 11.5. The highest BCUT2D eigenvalue weighted by molar-refractivity contribution is 5.89. The second kappa shape index (κ2) is 5.11. The third-order valence-electron chi connectivity index (χ3n) is 3.29. The van der Waals surface area contributed by atoms with Crippen molar-refractivity contribution in [3.8, 4) is 11.6 Å². The minimum atomic E-state index is -4.46. The highest BCUT2D eigenvalue weighted by Gasteiger charge is 2.35. The molecular formula is C14H11F3N2O3. The molecule has 0 saturated heterocycles. The van der Waals surface area contributed by atoms with E-state index in [0.717, 1.165) is 25.0 Å². The summed E-state index contributed by atoms with van der Waals surface area (Å²) in [5.41, 5.74) is -0.676. The number of ether oxygens (including phenoxy) is 1. The van der Waals surface area contributed by atoms with Gasteiger partial charge >= 0.3 is 12.1 Å². The third-order valence-corrected chi connectivity index (χ3v) is 3.29. The first-order chi connectivity index (χ1) is 10.4. The van der Waals surface area contributed by atoms with Crippen molar-refractivity contribution in [1.29, 1.82) is 0 Å². The van der Waals surface area contributed by atoms with Gasteiger partial charge in [-0.2, -0.15) is 13.2 Å². The van der Waals surface area contributed by atoms with Gasteiger partial charge in [0.15, 0.2) is 5.69 Å². The zero-order valence-corrected chi connectivity index (χ0v) is 11.5. The number of oxazole rings is 1. The van der Waals surface area contributed by atoms with Crippen LogP contribution in [0.25, 0.3) is 11.6 Å². The fraction of sp³-hybridized carbons (Fsp3) is 0.357. The minimum Gasteiger partial charge on any atom is -0.464 e. The molecule has 0 radical (unpaired) electrons. The van der Waals surface area contributed by atoms with Crippen LogP contribution < -0.4 is 0 Å². The molecule has 5 nitrogen and oxygen atoms in total. The Kier molecular flexibility index (Phi) is 3.38. The van der Waals surface area contributed by atoms with Gasteiger partial charge in [-0.3, -0.25) is 4.98 Å². The van der Waals surface area contributed by atoms with Crippen LogP contribution in [0, 0.1) is 0 Å². The van der Waals surface area contributed by atoms with Gasteiger partial charge < -0.3 is 9.15 Å². The number of nitrogens with zero attached hydrogens (tertiary/aromatic N) is 2. The molecule has 1 aliphatic rings. The van der Waals surface area contributed by atoms with E-state index in [1.54, 1.807) is 0 Å². The van der Waals surface area contributed by atoms with Crippen LogP contribution in [0.5, 0.6) is 0 Å². The first-order valence-electron chi connectivity index (χ1n) is 6.53. The molecule has 3 rings (SSSR count). The Labute approximate surface area is 123 Å². The number of halogens is 3. The van der Waals surface area contributed by atoms with Crippen LogP contribution in [0.3, 0.4) is 0 Å². The fourth-order valence-electron chi connectivity index (χ4n) is 1.99. The molecule has 8 heteroatoms. The standard InChI is InChI=1S/C14H11F3N2O3/c1-21-13(20)10-11(7-2-3-7)22-12(19-10)9-5-4-8(6-18-9)14(15,16)17/h4-7H,2-3H2,1H3. The monoisotopic (exact) mass is 312 g/mol. The number of esters is 1. The van der Waals surface area contributed by atoms with Gasteiger partial charge in [0.25, 0.3) is 0 Å². The summed E-state index contributed by atoms with van der Waals surface area (Å²) in [5.74, 6) is -0.117. The Morgan fingerprint density at radius 1 is 1.36 bits per heavy atom. The predicted molar refractivity (Wildman–Crippen MR) is 68.1 cm³/mol. The van der Waals surface area contributed by atoms with Crippen LogP contribution in [0.4, 0.5) is 13.2 Å². The molecule has 0 aliphatic heterocycles. The number of pyridine rings is 1. The predicted octanol–water partition coefficient (Wildman–Crippen LogP) is 3.42. The van der Waals surface area contributed by atoms with E-state index in [-0.39, 0.29) is 23.2 Å². The molecule has 0 N–H and O–H groups in total. The number of aromatic nitrogens is 2. The lowest BCUT2D eigenvalue weighted by atomic mass is 10.2. The summed E-state index contributed by atoms with van der Waals surface area (Å²) < 4.78 is 47.7. The largest absolute Gasteiger partial charge is 0.464 e. The van der Waals surface area contributed by atoms with Crippen molar-refractivity contribution < 1.29 is 27.1 Å². The molecule has 0 atom stereocenters. The molecule has 1 aliphatic carbocycles. The lowest BCUT2D eigenvalue weighted by Crippen LogP contribution is -2.05. The van der Waals surface area contributed by atoms with Crippen LogP contribution in [0.2, 0.25) is 0 Å². The number of methoxy groups -OCH3 is 1. The van der Waals surface area contributed by atoms with Crippen molar-refractivity contribution in [2.75, 3.05) is 7.11 Å². The van der Waals surface area contributed by atoms with Crippen LogP contribution in [0.1, 0.15) is 40.6 Å². The summed E-state index contributed by atoms with van der Waals surface area (Å²) in [7, 11) is 1.23. The normalized spacial score (nSPS) is 14.9. The Bertz CT molecular complexity index is 703. The first kappa shape index (κ1) is 14.6. The lowest BCUT2D eigenvalue weighted by Gasteiger charge is -2.05. The SMILES string of the molecule is COC(=O)c1nc(-c2ccc(C(F)(F)F)cn2)oc1C1CC1. The molecule has 2 aromatic heterocycles. The third kappa shape index (κ3) is 2.68. The number of alkyl halides is 3. The number of carbonyl (C=O) groups is 1. The van der Waals surface area contributed by atoms with Gasteiger partial charge in [-0.25, -0.2) is 9.78 Å². The smallest absolute Gasteiger partial charge is 0.417 e. The van der Waals surface area contributed by atoms with Crippen LogP contribution in [0.15, 0.2) is 22.7 Å². The highest BCUT2D eigenvalue weighted by Crippen LogP contribution is 2.43. The zero-order chi connectivity index (χ0) is 15.9. The van der Waals surface area contributed by atoms with Gasteiger partial charge in [-0.1, -0.05) is 0 Å². The van der Waals surface area contributed by atoms with Gasteiger partial charge in [0.1, 0.15) is 11.5 Å². The van der Waals surface area contributed by atoms with Crippen molar-refractivity contribution in [1.82, 2.24) is 9.97 Å². The van der Waals surface area contributed by atoms with E-state index in [0.29, 0.717) is 12.0 Å². The van der Waals surface area contributed by atoms with Gasteiger partial charge in [0.2, 0.25) is 5.89 Å². The summed E-state index contributed by atoms with van der Waals surface area (Å²) in [6.45, 7) is 0. The average Bonchev–Trinajstić information content (AvgIpc) is 3.24. The molecule has 2 aromatic rings. The highest BCUT2D eigenvalue weighted by atomic mass is 19.4. The van der Waals surface area contributed by atoms with Crippen molar-refractivity contribution in [3.63, 3.8) is 0 Å². The van der Waals surface area contributed by atoms with E-state index in [1.807, 2.05) is 0 Å². The molecule has 1 fully saturated rings. The van der Waals surface area contributed by atoms with E-state index in [1.165, 1.54) is 7.11 Å². The molecule has 0 aromatic carbocycles. The van der Waals surface area contributed by atoms with Gasteiger partial charge in [-0.15, -0.1) is 0 Å². The molecule has 0 spiro atoms. The molecule has 0 amide bonds.